The zero-order valence-corrected chi connectivity index (χ0v) is 14.7. The molecule has 0 atom stereocenters. The molecule has 0 aliphatic carbocycles. The third kappa shape index (κ3) is 3.02. The highest BCUT2D eigenvalue weighted by Gasteiger charge is 2.15. The van der Waals surface area contributed by atoms with Crippen molar-refractivity contribution in [1.82, 2.24) is 9.97 Å². The molecule has 6 heteroatoms. The number of carboxylic acids is 1. The van der Waals surface area contributed by atoms with Gasteiger partial charge >= 0.3 is 5.97 Å². The van der Waals surface area contributed by atoms with Gasteiger partial charge in [-0.05, 0) is 30.7 Å². The fourth-order valence-corrected chi connectivity index (χ4v) is 3.83. The van der Waals surface area contributed by atoms with Crippen LogP contribution in [0.25, 0.3) is 21.3 Å². The van der Waals surface area contributed by atoms with Gasteiger partial charge in [0.05, 0.1) is 10.9 Å². The molecule has 0 amide bonds. The van der Waals surface area contributed by atoms with Crippen LogP contribution in [0.15, 0.2) is 60.0 Å². The van der Waals surface area contributed by atoms with E-state index in [2.05, 4.69) is 32.8 Å². The van der Waals surface area contributed by atoms with E-state index in [-0.39, 0.29) is 5.56 Å². The third-order valence-electron chi connectivity index (χ3n) is 4.00. The lowest BCUT2D eigenvalue weighted by Gasteiger charge is -2.10. The molecule has 2 N–H and O–H groups in total. The number of hydrogen-bond acceptors (Lipinski definition) is 5. The summed E-state index contributed by atoms with van der Waals surface area (Å²) >= 11 is 1.57. The molecule has 5 nitrogen and oxygen atoms in total. The highest BCUT2D eigenvalue weighted by Crippen LogP contribution is 2.37. The van der Waals surface area contributed by atoms with Gasteiger partial charge in [0.1, 0.15) is 16.5 Å². The molecule has 0 saturated heterocycles. The molecule has 0 fully saturated rings. The van der Waals surface area contributed by atoms with E-state index in [0.717, 1.165) is 21.3 Å². The van der Waals surface area contributed by atoms with Gasteiger partial charge in [0.2, 0.25) is 0 Å². The van der Waals surface area contributed by atoms with Gasteiger partial charge < -0.3 is 10.4 Å². The molecule has 2 aromatic heterocycles. The third-order valence-corrected chi connectivity index (χ3v) is 4.87. The van der Waals surface area contributed by atoms with E-state index >= 15 is 0 Å². The van der Waals surface area contributed by atoms with Gasteiger partial charge in [0, 0.05) is 16.6 Å². The number of carbonyl (C=O) groups is 1. The largest absolute Gasteiger partial charge is 0.478 e. The summed E-state index contributed by atoms with van der Waals surface area (Å²) in [5.74, 6) is 0.379. The fraction of sp³-hybridized carbons (Fsp3) is 0.0500. The Hall–Kier alpha value is -3.25. The number of nitrogens with one attached hydrogen (secondary N) is 1. The first-order valence-corrected chi connectivity index (χ1v) is 8.91. The first-order chi connectivity index (χ1) is 12.6. The number of carboxylic acid groups (broad SMARTS) is 1. The Labute approximate surface area is 154 Å². The summed E-state index contributed by atoms with van der Waals surface area (Å²) in [7, 11) is 0. The number of aryl methyl sites for hydroxylation is 1. The number of benzene rings is 2. The number of hydrogen-bond donors (Lipinski definition) is 2. The molecule has 26 heavy (non-hydrogen) atoms. The van der Waals surface area contributed by atoms with Crippen molar-refractivity contribution in [3.63, 3.8) is 0 Å². The van der Waals surface area contributed by atoms with E-state index in [1.807, 2.05) is 31.2 Å². The van der Waals surface area contributed by atoms with E-state index in [1.165, 1.54) is 0 Å². The SMILES string of the molecule is Cc1nc(Nc2cccc(C(=O)O)c2)c2c(-c3ccccc3)csc2n1. The molecule has 128 valence electrons. The van der Waals surface area contributed by atoms with Crippen molar-refractivity contribution >= 4 is 39.0 Å². The van der Waals surface area contributed by atoms with Crippen molar-refractivity contribution in [2.45, 2.75) is 6.92 Å². The molecule has 2 heterocycles. The van der Waals surface area contributed by atoms with Gasteiger partial charge in [-0.3, -0.25) is 0 Å². The van der Waals surface area contributed by atoms with E-state index < -0.39 is 5.97 Å². The van der Waals surface area contributed by atoms with Crippen LogP contribution in [0.4, 0.5) is 11.5 Å². The number of aromatic nitrogens is 2. The predicted molar refractivity (Wildman–Crippen MR) is 104 cm³/mol. The Bertz CT molecular complexity index is 1110. The van der Waals surface area contributed by atoms with Crippen LogP contribution in [-0.4, -0.2) is 21.0 Å². The van der Waals surface area contributed by atoms with Gasteiger partial charge in [-0.25, -0.2) is 14.8 Å². The van der Waals surface area contributed by atoms with Crippen molar-refractivity contribution in [3.8, 4) is 11.1 Å². The molecule has 0 aliphatic heterocycles. The smallest absolute Gasteiger partial charge is 0.335 e. The maximum absolute atomic E-state index is 11.2. The normalized spacial score (nSPS) is 10.8. The first-order valence-electron chi connectivity index (χ1n) is 8.03. The Morgan fingerprint density at radius 2 is 1.88 bits per heavy atom. The van der Waals surface area contributed by atoms with Gasteiger partial charge in [0.15, 0.2) is 0 Å². The van der Waals surface area contributed by atoms with Crippen LogP contribution in [-0.2, 0) is 0 Å². The number of nitrogens with zero attached hydrogens (tertiary/aromatic N) is 2. The molecular formula is C20H15N3O2S. The van der Waals surface area contributed by atoms with Gasteiger partial charge in [-0.1, -0.05) is 36.4 Å². The molecule has 2 aromatic carbocycles. The molecule has 4 aromatic rings. The summed E-state index contributed by atoms with van der Waals surface area (Å²) in [4.78, 5) is 21.2. The van der Waals surface area contributed by atoms with Crippen LogP contribution < -0.4 is 5.32 Å². The lowest BCUT2D eigenvalue weighted by molar-refractivity contribution is 0.0697. The van der Waals surface area contributed by atoms with Crippen molar-refractivity contribution in [2.24, 2.45) is 0 Å². The zero-order valence-electron chi connectivity index (χ0n) is 13.9. The highest BCUT2D eigenvalue weighted by atomic mass is 32.1. The number of fused-ring (bicyclic) bond motifs is 1. The Morgan fingerprint density at radius 1 is 1.08 bits per heavy atom. The van der Waals surface area contributed by atoms with Gasteiger partial charge in [-0.2, -0.15) is 0 Å². The van der Waals surface area contributed by atoms with Crippen LogP contribution in [0.5, 0.6) is 0 Å². The van der Waals surface area contributed by atoms with E-state index in [1.54, 1.807) is 29.5 Å². The van der Waals surface area contributed by atoms with Crippen LogP contribution in [0, 0.1) is 6.92 Å². The van der Waals surface area contributed by atoms with Gasteiger partial charge in [0.25, 0.3) is 0 Å². The minimum absolute atomic E-state index is 0.227. The average Bonchev–Trinajstić information content (AvgIpc) is 3.06. The topological polar surface area (TPSA) is 75.1 Å². The van der Waals surface area contributed by atoms with Crippen molar-refractivity contribution in [2.75, 3.05) is 5.32 Å². The molecule has 0 bridgehead atoms. The Balaban J connectivity index is 1.85. The second kappa shape index (κ2) is 6.57. The molecular weight excluding hydrogens is 346 g/mol. The minimum Gasteiger partial charge on any atom is -0.478 e. The molecule has 4 rings (SSSR count). The summed E-state index contributed by atoms with van der Waals surface area (Å²) in [6, 6.07) is 16.8. The Morgan fingerprint density at radius 3 is 2.65 bits per heavy atom. The quantitative estimate of drug-likeness (QED) is 0.528. The first kappa shape index (κ1) is 16.2. The summed E-state index contributed by atoms with van der Waals surface area (Å²) in [5.41, 5.74) is 3.05. The molecule has 0 spiro atoms. The summed E-state index contributed by atoms with van der Waals surface area (Å²) in [5, 5.41) is 15.5. The van der Waals surface area contributed by atoms with Crippen LogP contribution in [0.3, 0.4) is 0 Å². The zero-order chi connectivity index (χ0) is 18.1. The van der Waals surface area contributed by atoms with Crippen molar-refractivity contribution < 1.29 is 9.90 Å². The summed E-state index contributed by atoms with van der Waals surface area (Å²) in [6.45, 7) is 1.85. The lowest BCUT2D eigenvalue weighted by Crippen LogP contribution is -2.01. The predicted octanol–water partition coefficient (Wildman–Crippen LogP) is 5.11. The second-order valence-electron chi connectivity index (χ2n) is 5.83. The van der Waals surface area contributed by atoms with Crippen molar-refractivity contribution in [1.29, 1.82) is 0 Å². The Kier molecular flexibility index (Phi) is 4.10. The van der Waals surface area contributed by atoms with Crippen LogP contribution >= 0.6 is 11.3 Å². The number of aromatic carboxylic acids is 1. The van der Waals surface area contributed by atoms with Crippen LogP contribution in [0.1, 0.15) is 16.2 Å². The van der Waals surface area contributed by atoms with Gasteiger partial charge in [-0.15, -0.1) is 11.3 Å². The number of thiophene rings is 1. The lowest BCUT2D eigenvalue weighted by atomic mass is 10.1. The monoisotopic (exact) mass is 361 g/mol. The molecule has 0 radical (unpaired) electrons. The number of anilines is 2. The minimum atomic E-state index is -0.960. The van der Waals surface area contributed by atoms with E-state index in [9.17, 15) is 9.90 Å². The van der Waals surface area contributed by atoms with Crippen LogP contribution in [0.2, 0.25) is 0 Å². The molecule has 0 aliphatic rings. The second-order valence-corrected chi connectivity index (χ2v) is 6.68. The summed E-state index contributed by atoms with van der Waals surface area (Å²) < 4.78 is 0. The maximum Gasteiger partial charge on any atom is 0.335 e. The molecule has 0 unspecified atom stereocenters. The number of rotatable bonds is 4. The van der Waals surface area contributed by atoms with Crippen molar-refractivity contribution in [3.05, 3.63) is 71.4 Å². The fourth-order valence-electron chi connectivity index (χ4n) is 2.84. The maximum atomic E-state index is 11.2. The van der Waals surface area contributed by atoms with E-state index in [4.69, 9.17) is 0 Å². The summed E-state index contributed by atoms with van der Waals surface area (Å²) in [6.07, 6.45) is 0. The average molecular weight is 361 g/mol. The highest BCUT2D eigenvalue weighted by molar-refractivity contribution is 7.17. The molecule has 0 saturated carbocycles. The standard InChI is InChI=1S/C20H15N3O2S/c1-12-21-18(23-15-9-5-8-14(10-15)20(24)25)17-16(11-26-19(17)22-12)13-6-3-2-4-7-13/h2-11H,1H3,(H,24,25)(H,21,22,23). The van der Waals surface area contributed by atoms with E-state index in [0.29, 0.717) is 17.3 Å².